The number of rotatable bonds is 5. The Morgan fingerprint density at radius 1 is 1.09 bits per heavy atom. The Morgan fingerprint density at radius 3 is 2.48 bits per heavy atom. The topological polar surface area (TPSA) is 61.0 Å². The zero-order valence-electron chi connectivity index (χ0n) is 11.6. The fourth-order valence-corrected chi connectivity index (χ4v) is 1.89. The Hall–Kier alpha value is -2.54. The molecule has 0 radical (unpaired) electrons. The summed E-state index contributed by atoms with van der Waals surface area (Å²) in [6.45, 7) is 0.258. The molecule has 0 spiro atoms. The van der Waals surface area contributed by atoms with Gasteiger partial charge in [-0.3, -0.25) is 4.98 Å². The molecule has 0 aliphatic heterocycles. The minimum atomic E-state index is -2.80. The third kappa shape index (κ3) is 3.81. The predicted octanol–water partition coefficient (Wildman–Crippen LogP) is 4.30. The van der Waals surface area contributed by atoms with Crippen LogP contribution in [0.5, 0.6) is 5.75 Å². The molecule has 8 heteroatoms. The molecule has 0 aliphatic rings. The summed E-state index contributed by atoms with van der Waals surface area (Å²) in [5, 5.41) is 7.45. The molecule has 5 nitrogen and oxygen atoms in total. The number of pyridine rings is 1. The number of aromatic nitrogens is 3. The monoisotopic (exact) mass is 337 g/mol. The average molecular weight is 338 g/mol. The van der Waals surface area contributed by atoms with Crippen LogP contribution in [0.25, 0.3) is 11.5 Å². The lowest BCUT2D eigenvalue weighted by Gasteiger charge is -2.05. The lowest BCUT2D eigenvalue weighted by atomic mass is 10.2. The van der Waals surface area contributed by atoms with E-state index >= 15 is 0 Å². The Morgan fingerprint density at radius 2 is 1.87 bits per heavy atom. The summed E-state index contributed by atoms with van der Waals surface area (Å²) in [4.78, 5) is 4.18. The summed E-state index contributed by atoms with van der Waals surface area (Å²) in [7, 11) is 0. The van der Waals surface area contributed by atoms with Gasteiger partial charge in [0.05, 0.1) is 11.3 Å². The average Bonchev–Trinajstić information content (AvgIpc) is 3.05. The van der Waals surface area contributed by atoms with Crippen LogP contribution in [0, 0.1) is 0 Å². The molecule has 0 unspecified atom stereocenters. The molecule has 2 aromatic heterocycles. The molecule has 118 valence electrons. The highest BCUT2D eigenvalue weighted by molar-refractivity contribution is 6.30. The van der Waals surface area contributed by atoms with E-state index in [-0.39, 0.29) is 12.5 Å². The lowest BCUT2D eigenvalue weighted by molar-refractivity contribution is 0.116. The summed E-state index contributed by atoms with van der Waals surface area (Å²) in [5.41, 5.74) is 1.12. The van der Waals surface area contributed by atoms with Crippen molar-refractivity contribution in [3.63, 3.8) is 0 Å². The van der Waals surface area contributed by atoms with Crippen molar-refractivity contribution in [1.82, 2.24) is 15.2 Å². The van der Waals surface area contributed by atoms with Crippen molar-refractivity contribution in [1.29, 1.82) is 0 Å². The lowest BCUT2D eigenvalue weighted by Crippen LogP contribution is -1.98. The van der Waals surface area contributed by atoms with Crippen LogP contribution in [-0.2, 0) is 6.61 Å². The molecule has 3 rings (SSSR count). The van der Waals surface area contributed by atoms with Gasteiger partial charge in [0.15, 0.2) is 0 Å². The second kappa shape index (κ2) is 6.70. The van der Waals surface area contributed by atoms with Gasteiger partial charge in [-0.25, -0.2) is 0 Å². The largest absolute Gasteiger partial charge is 0.487 e. The van der Waals surface area contributed by atoms with Crippen molar-refractivity contribution in [2.45, 2.75) is 13.0 Å². The van der Waals surface area contributed by atoms with Gasteiger partial charge in [-0.05, 0) is 36.4 Å². The number of halogens is 3. The Balaban J connectivity index is 1.65. The maximum Gasteiger partial charge on any atom is 0.314 e. The molecule has 2 heterocycles. The van der Waals surface area contributed by atoms with E-state index in [0.717, 1.165) is 0 Å². The normalized spacial score (nSPS) is 11.0. The minimum absolute atomic E-state index is 0.00188. The van der Waals surface area contributed by atoms with Gasteiger partial charge in [0.1, 0.15) is 12.4 Å². The van der Waals surface area contributed by atoms with Crippen molar-refractivity contribution < 1.29 is 17.9 Å². The summed E-state index contributed by atoms with van der Waals surface area (Å²) < 4.78 is 35.2. The summed E-state index contributed by atoms with van der Waals surface area (Å²) >= 11 is 5.79. The third-order valence-electron chi connectivity index (χ3n) is 2.90. The summed E-state index contributed by atoms with van der Waals surface area (Å²) in [6.07, 6.45) is -1.33. The Bertz CT molecular complexity index is 776. The molecule has 23 heavy (non-hydrogen) atoms. The molecule has 0 amide bonds. The van der Waals surface area contributed by atoms with Gasteiger partial charge in [0.2, 0.25) is 5.89 Å². The van der Waals surface area contributed by atoms with Crippen LogP contribution in [0.2, 0.25) is 5.02 Å². The van der Waals surface area contributed by atoms with Crippen molar-refractivity contribution in [3.8, 4) is 17.2 Å². The zero-order chi connectivity index (χ0) is 16.2. The van der Waals surface area contributed by atoms with E-state index in [1.807, 2.05) is 0 Å². The van der Waals surface area contributed by atoms with E-state index < -0.39 is 12.3 Å². The predicted molar refractivity (Wildman–Crippen MR) is 78.3 cm³/mol. The number of alkyl halides is 2. The first-order valence-corrected chi connectivity index (χ1v) is 6.95. The van der Waals surface area contributed by atoms with E-state index in [4.69, 9.17) is 20.8 Å². The first-order chi connectivity index (χ1) is 11.1. The van der Waals surface area contributed by atoms with E-state index in [1.54, 1.807) is 36.4 Å². The molecule has 1 aromatic carbocycles. The maximum absolute atomic E-state index is 12.4. The second-order valence-electron chi connectivity index (χ2n) is 4.53. The standard InChI is InChI=1S/C15H10ClF2N3O2/c16-10-2-5-12(6-3-10)22-8-11-4-1-9(7-19-11)14-20-21-15(23-14)13(17)18/h1-7,13H,8H2. The van der Waals surface area contributed by atoms with E-state index in [2.05, 4.69) is 15.2 Å². The smallest absolute Gasteiger partial charge is 0.314 e. The van der Waals surface area contributed by atoms with Crippen LogP contribution < -0.4 is 4.74 Å². The van der Waals surface area contributed by atoms with Gasteiger partial charge >= 0.3 is 6.43 Å². The van der Waals surface area contributed by atoms with Crippen molar-refractivity contribution in [2.24, 2.45) is 0 Å². The highest BCUT2D eigenvalue weighted by Gasteiger charge is 2.17. The number of hydrogen-bond donors (Lipinski definition) is 0. The van der Waals surface area contributed by atoms with Crippen molar-refractivity contribution in [2.75, 3.05) is 0 Å². The molecule has 0 aliphatic carbocycles. The van der Waals surface area contributed by atoms with E-state index in [9.17, 15) is 8.78 Å². The van der Waals surface area contributed by atoms with Gasteiger partial charge < -0.3 is 9.15 Å². The van der Waals surface area contributed by atoms with Crippen molar-refractivity contribution in [3.05, 3.63) is 59.2 Å². The van der Waals surface area contributed by atoms with Crippen LogP contribution in [0.4, 0.5) is 8.78 Å². The van der Waals surface area contributed by atoms with E-state index in [0.29, 0.717) is 22.0 Å². The Labute approximate surface area is 134 Å². The van der Waals surface area contributed by atoms with Gasteiger partial charge in [-0.15, -0.1) is 10.2 Å². The molecule has 0 atom stereocenters. The molecule has 0 saturated heterocycles. The number of benzene rings is 1. The first kappa shape index (κ1) is 15.4. The first-order valence-electron chi connectivity index (χ1n) is 6.57. The fourth-order valence-electron chi connectivity index (χ4n) is 1.76. The van der Waals surface area contributed by atoms with Crippen LogP contribution in [0.3, 0.4) is 0 Å². The van der Waals surface area contributed by atoms with Gasteiger partial charge in [0, 0.05) is 11.2 Å². The zero-order valence-corrected chi connectivity index (χ0v) is 12.4. The van der Waals surface area contributed by atoms with Gasteiger partial charge in [-0.1, -0.05) is 11.6 Å². The third-order valence-corrected chi connectivity index (χ3v) is 3.15. The molecule has 0 fully saturated rings. The molecule has 0 bridgehead atoms. The van der Waals surface area contributed by atoms with Crippen molar-refractivity contribution >= 4 is 11.6 Å². The second-order valence-corrected chi connectivity index (χ2v) is 4.96. The molecule has 0 N–H and O–H groups in total. The SMILES string of the molecule is FC(F)c1nnc(-c2ccc(COc3ccc(Cl)cc3)nc2)o1. The number of hydrogen-bond acceptors (Lipinski definition) is 5. The quantitative estimate of drug-likeness (QED) is 0.694. The van der Waals surface area contributed by atoms with Gasteiger partial charge in [0.25, 0.3) is 5.89 Å². The summed E-state index contributed by atoms with van der Waals surface area (Å²) in [6, 6.07) is 10.3. The summed E-state index contributed by atoms with van der Waals surface area (Å²) in [5.74, 6) is -0.0492. The van der Waals surface area contributed by atoms with Crippen LogP contribution in [-0.4, -0.2) is 15.2 Å². The molecular weight excluding hydrogens is 328 g/mol. The highest BCUT2D eigenvalue weighted by Crippen LogP contribution is 2.23. The van der Waals surface area contributed by atoms with Crippen LogP contribution in [0.1, 0.15) is 18.0 Å². The number of ether oxygens (including phenoxy) is 1. The molecule has 3 aromatic rings. The van der Waals surface area contributed by atoms with E-state index in [1.165, 1.54) is 6.20 Å². The molecule has 0 saturated carbocycles. The Kier molecular flexibility index (Phi) is 4.47. The maximum atomic E-state index is 12.4. The fraction of sp³-hybridized carbons (Fsp3) is 0.133. The molecular formula is C15H10ClF2N3O2. The van der Waals surface area contributed by atoms with Gasteiger partial charge in [-0.2, -0.15) is 8.78 Å². The highest BCUT2D eigenvalue weighted by atomic mass is 35.5. The van der Waals surface area contributed by atoms with Crippen LogP contribution in [0.15, 0.2) is 47.0 Å². The number of nitrogens with zero attached hydrogens (tertiary/aromatic N) is 3. The minimum Gasteiger partial charge on any atom is -0.487 e. The van der Waals surface area contributed by atoms with Crippen LogP contribution >= 0.6 is 11.6 Å².